The highest BCUT2D eigenvalue weighted by molar-refractivity contribution is 9.10. The zero-order chi connectivity index (χ0) is 18.0. The van der Waals surface area contributed by atoms with Crippen LogP contribution in [0.25, 0.3) is 5.57 Å². The lowest BCUT2D eigenvalue weighted by molar-refractivity contribution is -0.133. The second-order valence-electron chi connectivity index (χ2n) is 5.72. The Bertz CT molecular complexity index is 880. The largest absolute Gasteiger partial charge is 0.423 e. The van der Waals surface area contributed by atoms with E-state index in [-0.39, 0.29) is 12.5 Å². The molecule has 0 aliphatic carbocycles. The quantitative estimate of drug-likeness (QED) is 0.792. The normalized spacial score (nSPS) is 13.8. The molecule has 5 heteroatoms. The Kier molecular flexibility index (Phi) is 4.86. The van der Waals surface area contributed by atoms with Gasteiger partial charge in [0.25, 0.3) is 5.91 Å². The van der Waals surface area contributed by atoms with Crippen molar-refractivity contribution in [2.45, 2.75) is 6.92 Å². The number of carbonyl (C=O) groups excluding carboxylic acids is 2. The van der Waals surface area contributed by atoms with E-state index in [2.05, 4.69) is 27.8 Å². The van der Waals surface area contributed by atoms with Gasteiger partial charge in [0.2, 0.25) is 0 Å². The summed E-state index contributed by atoms with van der Waals surface area (Å²) in [5.74, 6) is -0.424. The maximum Gasteiger partial charge on any atom is 0.341 e. The molecule has 0 aromatic heterocycles. The van der Waals surface area contributed by atoms with Gasteiger partial charge in [-0.05, 0) is 36.8 Å². The Morgan fingerprint density at radius 1 is 1.12 bits per heavy atom. The highest BCUT2D eigenvalue weighted by Gasteiger charge is 2.29. The minimum atomic E-state index is -0.480. The third-order valence-electron chi connectivity index (χ3n) is 3.92. The van der Waals surface area contributed by atoms with Crippen molar-refractivity contribution in [1.82, 2.24) is 5.32 Å². The second-order valence-corrected chi connectivity index (χ2v) is 6.64. The van der Waals surface area contributed by atoms with Gasteiger partial charge in [-0.2, -0.15) is 0 Å². The third kappa shape index (κ3) is 3.72. The van der Waals surface area contributed by atoms with Gasteiger partial charge in [0, 0.05) is 15.6 Å². The second kappa shape index (κ2) is 7.07. The van der Waals surface area contributed by atoms with Crippen LogP contribution in [0.4, 0.5) is 0 Å². The SMILES string of the molecule is C=C1OC(=O)C(CNC(=O)c2ccc(C)cc2)=C1c1ccc(Br)cc1. The van der Waals surface area contributed by atoms with Gasteiger partial charge in [-0.1, -0.05) is 52.3 Å². The number of amides is 1. The average Bonchev–Trinajstić information content (AvgIpc) is 2.87. The first-order chi connectivity index (χ1) is 12.0. The van der Waals surface area contributed by atoms with E-state index < -0.39 is 5.97 Å². The zero-order valence-corrected chi connectivity index (χ0v) is 15.2. The van der Waals surface area contributed by atoms with Crippen LogP contribution in [0.2, 0.25) is 0 Å². The molecule has 4 nitrogen and oxygen atoms in total. The molecule has 0 radical (unpaired) electrons. The van der Waals surface area contributed by atoms with Crippen LogP contribution in [0.5, 0.6) is 0 Å². The van der Waals surface area contributed by atoms with Gasteiger partial charge in [-0.3, -0.25) is 4.79 Å². The smallest absolute Gasteiger partial charge is 0.341 e. The number of esters is 1. The average molecular weight is 398 g/mol. The van der Waals surface area contributed by atoms with Crippen LogP contribution in [-0.2, 0) is 9.53 Å². The number of cyclic esters (lactones) is 1. The molecule has 126 valence electrons. The highest BCUT2D eigenvalue weighted by Crippen LogP contribution is 2.33. The van der Waals surface area contributed by atoms with E-state index in [1.54, 1.807) is 12.1 Å². The Labute approximate surface area is 154 Å². The fraction of sp³-hybridized carbons (Fsp3) is 0.100. The summed E-state index contributed by atoms with van der Waals surface area (Å²) in [6.45, 7) is 5.84. The van der Waals surface area contributed by atoms with E-state index in [0.29, 0.717) is 22.5 Å². The van der Waals surface area contributed by atoms with Crippen molar-refractivity contribution < 1.29 is 14.3 Å². The summed E-state index contributed by atoms with van der Waals surface area (Å²) in [6.07, 6.45) is 0. The molecule has 1 aliphatic heterocycles. The lowest BCUT2D eigenvalue weighted by Crippen LogP contribution is -2.27. The molecule has 0 bridgehead atoms. The first kappa shape index (κ1) is 17.2. The molecule has 0 fully saturated rings. The minimum absolute atomic E-state index is 0.0793. The summed E-state index contributed by atoms with van der Waals surface area (Å²) in [5, 5.41) is 2.77. The van der Waals surface area contributed by atoms with E-state index in [0.717, 1.165) is 15.6 Å². The van der Waals surface area contributed by atoms with Gasteiger partial charge in [-0.15, -0.1) is 0 Å². The maximum absolute atomic E-state index is 12.3. The van der Waals surface area contributed by atoms with Gasteiger partial charge in [0.15, 0.2) is 0 Å². The molecular weight excluding hydrogens is 382 g/mol. The fourth-order valence-corrected chi connectivity index (χ4v) is 2.85. The van der Waals surface area contributed by atoms with Gasteiger partial charge in [0.1, 0.15) is 5.76 Å². The number of aryl methyl sites for hydroxylation is 1. The van der Waals surface area contributed by atoms with Crippen molar-refractivity contribution >= 4 is 33.4 Å². The van der Waals surface area contributed by atoms with Gasteiger partial charge < -0.3 is 10.1 Å². The Balaban J connectivity index is 1.83. The predicted molar refractivity (Wildman–Crippen MR) is 99.8 cm³/mol. The molecule has 0 saturated heterocycles. The van der Waals surface area contributed by atoms with Gasteiger partial charge in [-0.25, -0.2) is 4.79 Å². The van der Waals surface area contributed by atoms with Crippen molar-refractivity contribution in [2.75, 3.05) is 6.54 Å². The summed E-state index contributed by atoms with van der Waals surface area (Å²) in [6, 6.07) is 14.7. The molecule has 1 N–H and O–H groups in total. The van der Waals surface area contributed by atoms with E-state index in [4.69, 9.17) is 4.74 Å². The number of hydrogen-bond acceptors (Lipinski definition) is 3. The van der Waals surface area contributed by atoms with Crippen LogP contribution in [0, 0.1) is 6.92 Å². The van der Waals surface area contributed by atoms with Crippen LogP contribution in [0.3, 0.4) is 0 Å². The predicted octanol–water partition coefficient (Wildman–Crippen LogP) is 4.01. The van der Waals surface area contributed by atoms with E-state index in [1.807, 2.05) is 43.3 Å². The van der Waals surface area contributed by atoms with E-state index in [1.165, 1.54) is 0 Å². The van der Waals surface area contributed by atoms with E-state index >= 15 is 0 Å². The third-order valence-corrected chi connectivity index (χ3v) is 4.44. The summed E-state index contributed by atoms with van der Waals surface area (Å²) in [5.41, 5.74) is 3.46. The summed E-state index contributed by atoms with van der Waals surface area (Å²) >= 11 is 3.38. The van der Waals surface area contributed by atoms with Crippen LogP contribution >= 0.6 is 15.9 Å². The fourth-order valence-electron chi connectivity index (χ4n) is 2.58. The van der Waals surface area contributed by atoms with Gasteiger partial charge >= 0.3 is 5.97 Å². The molecule has 1 heterocycles. The molecule has 25 heavy (non-hydrogen) atoms. The van der Waals surface area contributed by atoms with E-state index in [9.17, 15) is 9.59 Å². The molecular formula is C20H16BrNO3. The Hall–Kier alpha value is -2.66. The van der Waals surface area contributed by atoms with Crippen molar-refractivity contribution in [3.05, 3.63) is 87.6 Å². The molecule has 0 spiro atoms. The highest BCUT2D eigenvalue weighted by atomic mass is 79.9. The standard InChI is InChI=1S/C20H16BrNO3/c1-12-3-5-15(6-4-12)19(23)22-11-17-18(13(2)25-20(17)24)14-7-9-16(21)10-8-14/h3-10H,2,11H2,1H3,(H,22,23). The van der Waals surface area contributed by atoms with Crippen molar-refractivity contribution in [2.24, 2.45) is 0 Å². The lowest BCUT2D eigenvalue weighted by Gasteiger charge is -2.07. The Morgan fingerprint density at radius 3 is 2.40 bits per heavy atom. The number of benzene rings is 2. The van der Waals surface area contributed by atoms with Crippen LogP contribution in [-0.4, -0.2) is 18.4 Å². The van der Waals surface area contributed by atoms with Crippen molar-refractivity contribution in [3.63, 3.8) is 0 Å². The molecule has 3 rings (SSSR count). The number of rotatable bonds is 4. The molecule has 1 aliphatic rings. The van der Waals surface area contributed by atoms with Crippen LogP contribution in [0.15, 0.2) is 70.9 Å². The minimum Gasteiger partial charge on any atom is -0.423 e. The molecule has 0 saturated carbocycles. The number of nitrogens with one attached hydrogen (secondary N) is 1. The zero-order valence-electron chi connectivity index (χ0n) is 13.6. The van der Waals surface area contributed by atoms with Crippen LogP contribution < -0.4 is 5.32 Å². The number of ether oxygens (including phenoxy) is 1. The van der Waals surface area contributed by atoms with Gasteiger partial charge in [0.05, 0.1) is 12.1 Å². The topological polar surface area (TPSA) is 55.4 Å². The molecule has 2 aromatic rings. The maximum atomic E-state index is 12.3. The first-order valence-electron chi connectivity index (χ1n) is 7.71. The first-order valence-corrected chi connectivity index (χ1v) is 8.50. The lowest BCUT2D eigenvalue weighted by atomic mass is 10.0. The Morgan fingerprint density at radius 2 is 1.76 bits per heavy atom. The number of allylic oxidation sites excluding steroid dienone is 1. The number of carbonyl (C=O) groups is 2. The monoisotopic (exact) mass is 397 g/mol. The number of halogens is 1. The van der Waals surface area contributed by atoms with Crippen molar-refractivity contribution in [1.29, 1.82) is 0 Å². The van der Waals surface area contributed by atoms with Crippen LogP contribution in [0.1, 0.15) is 21.5 Å². The summed E-state index contributed by atoms with van der Waals surface area (Å²) in [7, 11) is 0. The molecule has 0 unspecified atom stereocenters. The number of hydrogen-bond donors (Lipinski definition) is 1. The summed E-state index contributed by atoms with van der Waals surface area (Å²) in [4.78, 5) is 24.4. The molecule has 2 aromatic carbocycles. The van der Waals surface area contributed by atoms with Crippen molar-refractivity contribution in [3.8, 4) is 0 Å². The molecule has 1 amide bonds. The molecule has 0 atom stereocenters. The summed E-state index contributed by atoms with van der Waals surface area (Å²) < 4.78 is 6.09.